The molecule has 0 aromatic heterocycles. The summed E-state index contributed by atoms with van der Waals surface area (Å²) in [6.07, 6.45) is 1.30. The molecule has 0 atom stereocenters. The first-order valence-corrected chi connectivity index (χ1v) is 12.2. The van der Waals surface area contributed by atoms with Crippen LogP contribution in [0, 0.1) is 10.8 Å². The molecule has 1 fully saturated rings. The lowest BCUT2D eigenvalue weighted by Gasteiger charge is -2.45. The maximum atomic E-state index is 12.4. The number of carbonyl (C=O) groups excluding carboxylic acids is 2. The number of likely N-dealkylation sites (tertiary alicyclic amines) is 1. The van der Waals surface area contributed by atoms with E-state index in [0.29, 0.717) is 25.8 Å². The molecule has 1 aliphatic carbocycles. The Morgan fingerprint density at radius 2 is 1.60 bits per heavy atom. The quantitative estimate of drug-likeness (QED) is 0.547. The molecule has 2 N–H and O–H groups in total. The van der Waals surface area contributed by atoms with Crippen LogP contribution in [0.5, 0.6) is 0 Å². The molecule has 2 aromatic carbocycles. The lowest BCUT2D eigenvalue weighted by molar-refractivity contribution is -0.164. The number of nitrogens with zero attached hydrogens (tertiary/aromatic N) is 1. The van der Waals surface area contributed by atoms with Crippen molar-refractivity contribution in [3.05, 3.63) is 59.7 Å². The van der Waals surface area contributed by atoms with Crippen LogP contribution in [0.25, 0.3) is 11.1 Å². The van der Waals surface area contributed by atoms with E-state index in [1.54, 1.807) is 11.8 Å². The van der Waals surface area contributed by atoms with Gasteiger partial charge >= 0.3 is 12.1 Å². The van der Waals surface area contributed by atoms with E-state index < -0.39 is 17.5 Å². The highest BCUT2D eigenvalue weighted by molar-refractivity contribution is 5.83. The molecule has 7 nitrogen and oxygen atoms in total. The van der Waals surface area contributed by atoms with E-state index in [0.717, 1.165) is 0 Å². The Labute approximate surface area is 206 Å². The van der Waals surface area contributed by atoms with Gasteiger partial charge in [-0.05, 0) is 47.4 Å². The highest BCUT2D eigenvalue weighted by atomic mass is 16.5. The molecule has 2 aromatic rings. The van der Waals surface area contributed by atoms with Crippen LogP contribution in [-0.4, -0.2) is 54.2 Å². The number of hydrogen-bond acceptors (Lipinski definition) is 4. The van der Waals surface area contributed by atoms with Gasteiger partial charge in [0.05, 0.1) is 5.41 Å². The average Bonchev–Trinajstić information content (AvgIpc) is 3.12. The standard InChI is InChI=1S/C28H34N2O5/c1-27(2,13-12-24(31)30-17-28(3,18-30)25(32)33)14-15-29-26(34)35-16-23-21-10-6-4-8-19(21)20-9-5-7-11-22(20)23/h4-11,23H,12-18H2,1-3H3,(H,29,34)(H,32,33). The Hall–Kier alpha value is -3.35. The summed E-state index contributed by atoms with van der Waals surface area (Å²) in [5.74, 6) is -0.845. The molecule has 1 heterocycles. The Balaban J connectivity index is 1.19. The molecule has 35 heavy (non-hydrogen) atoms. The highest BCUT2D eigenvalue weighted by Crippen LogP contribution is 2.44. The predicted octanol–water partition coefficient (Wildman–Crippen LogP) is 4.65. The van der Waals surface area contributed by atoms with Crippen molar-refractivity contribution in [1.29, 1.82) is 0 Å². The summed E-state index contributed by atoms with van der Waals surface area (Å²) >= 11 is 0. The zero-order valence-corrected chi connectivity index (χ0v) is 20.7. The number of aliphatic carboxylic acids is 1. The lowest BCUT2D eigenvalue weighted by atomic mass is 9.80. The fourth-order valence-corrected chi connectivity index (χ4v) is 4.99. The number of carboxylic acids is 1. The average molecular weight is 479 g/mol. The topological polar surface area (TPSA) is 95.9 Å². The van der Waals surface area contributed by atoms with Gasteiger partial charge in [-0.25, -0.2) is 4.79 Å². The summed E-state index contributed by atoms with van der Waals surface area (Å²) in [4.78, 5) is 37.6. The summed E-state index contributed by atoms with van der Waals surface area (Å²) in [6, 6.07) is 16.5. The van der Waals surface area contributed by atoms with Gasteiger partial charge in [-0.1, -0.05) is 62.4 Å². The van der Waals surface area contributed by atoms with Gasteiger partial charge in [0.25, 0.3) is 0 Å². The first-order chi connectivity index (χ1) is 16.6. The minimum Gasteiger partial charge on any atom is -0.481 e. The molecule has 0 saturated carbocycles. The van der Waals surface area contributed by atoms with Gasteiger partial charge in [-0.2, -0.15) is 0 Å². The van der Waals surface area contributed by atoms with Crippen LogP contribution in [0.2, 0.25) is 0 Å². The maximum absolute atomic E-state index is 12.4. The van der Waals surface area contributed by atoms with Gasteiger partial charge in [-0.15, -0.1) is 0 Å². The zero-order chi connectivity index (χ0) is 25.2. The molecule has 2 aliphatic rings. The van der Waals surface area contributed by atoms with Crippen molar-refractivity contribution >= 4 is 18.0 Å². The number of ether oxygens (including phenoxy) is 1. The van der Waals surface area contributed by atoms with Crippen molar-refractivity contribution in [1.82, 2.24) is 10.2 Å². The van der Waals surface area contributed by atoms with Gasteiger partial charge in [0.1, 0.15) is 6.61 Å². The van der Waals surface area contributed by atoms with Crippen LogP contribution in [0.1, 0.15) is 57.1 Å². The molecule has 4 rings (SSSR count). The number of rotatable bonds is 9. The summed E-state index contributed by atoms with van der Waals surface area (Å²) in [6.45, 7) is 7.07. The SMILES string of the molecule is CC(C)(CCNC(=O)OCC1c2ccccc2-c2ccccc21)CCC(=O)N1CC(C)(C(=O)O)C1. The number of nitrogens with one attached hydrogen (secondary N) is 1. The number of hydrogen-bond donors (Lipinski definition) is 2. The fourth-order valence-electron chi connectivity index (χ4n) is 4.99. The monoisotopic (exact) mass is 478 g/mol. The summed E-state index contributed by atoms with van der Waals surface area (Å²) in [5.41, 5.74) is 3.78. The van der Waals surface area contributed by atoms with E-state index in [4.69, 9.17) is 4.74 Å². The summed E-state index contributed by atoms with van der Waals surface area (Å²) in [7, 11) is 0. The van der Waals surface area contributed by atoms with Crippen LogP contribution in [0.15, 0.2) is 48.5 Å². The van der Waals surface area contributed by atoms with Gasteiger partial charge < -0.3 is 20.1 Å². The van der Waals surface area contributed by atoms with Crippen LogP contribution >= 0.6 is 0 Å². The molecule has 1 aliphatic heterocycles. The molecular formula is C28H34N2O5. The minimum atomic E-state index is -0.860. The molecule has 2 amide bonds. The van der Waals surface area contributed by atoms with E-state index in [-0.39, 0.29) is 36.9 Å². The largest absolute Gasteiger partial charge is 0.481 e. The molecule has 0 radical (unpaired) electrons. The van der Waals surface area contributed by atoms with Gasteiger partial charge in [0, 0.05) is 32.0 Å². The van der Waals surface area contributed by atoms with Crippen molar-refractivity contribution < 1.29 is 24.2 Å². The Morgan fingerprint density at radius 1 is 1.03 bits per heavy atom. The third-order valence-corrected chi connectivity index (χ3v) is 7.38. The number of alkyl carbamates (subject to hydrolysis) is 1. The van der Waals surface area contributed by atoms with Crippen LogP contribution in [0.3, 0.4) is 0 Å². The second kappa shape index (κ2) is 9.72. The van der Waals surface area contributed by atoms with Gasteiger partial charge in [0.2, 0.25) is 5.91 Å². The van der Waals surface area contributed by atoms with Gasteiger partial charge in [-0.3, -0.25) is 9.59 Å². The number of amides is 2. The van der Waals surface area contributed by atoms with E-state index in [1.165, 1.54) is 22.3 Å². The molecule has 1 saturated heterocycles. The van der Waals surface area contributed by atoms with Gasteiger partial charge in [0.15, 0.2) is 0 Å². The molecular weight excluding hydrogens is 444 g/mol. The molecule has 0 spiro atoms. The van der Waals surface area contributed by atoms with Crippen LogP contribution in [-0.2, 0) is 14.3 Å². The molecule has 186 valence electrons. The predicted molar refractivity (Wildman–Crippen MR) is 133 cm³/mol. The third kappa shape index (κ3) is 5.34. The number of fused-ring (bicyclic) bond motifs is 3. The lowest BCUT2D eigenvalue weighted by Crippen LogP contribution is -2.60. The molecule has 0 unspecified atom stereocenters. The Bertz CT molecular complexity index is 1070. The van der Waals surface area contributed by atoms with Crippen molar-refractivity contribution in [2.75, 3.05) is 26.2 Å². The Kier molecular flexibility index (Phi) is 6.88. The van der Waals surface area contributed by atoms with Crippen LogP contribution in [0.4, 0.5) is 4.79 Å². The third-order valence-electron chi connectivity index (χ3n) is 7.38. The first-order valence-electron chi connectivity index (χ1n) is 12.2. The zero-order valence-electron chi connectivity index (χ0n) is 20.7. The minimum absolute atomic E-state index is 0.0127. The van der Waals surface area contributed by atoms with Crippen molar-refractivity contribution in [3.8, 4) is 11.1 Å². The highest BCUT2D eigenvalue weighted by Gasteiger charge is 2.47. The first kappa shape index (κ1) is 24.8. The van der Waals surface area contributed by atoms with E-state index in [1.807, 2.05) is 24.3 Å². The molecule has 0 bridgehead atoms. The fraction of sp³-hybridized carbons (Fsp3) is 0.464. The normalized spacial score (nSPS) is 16.1. The summed E-state index contributed by atoms with van der Waals surface area (Å²) in [5, 5.41) is 12.0. The number of carboxylic acid groups (broad SMARTS) is 1. The maximum Gasteiger partial charge on any atom is 0.407 e. The second-order valence-electron chi connectivity index (χ2n) is 10.8. The molecule has 7 heteroatoms. The second-order valence-corrected chi connectivity index (χ2v) is 10.8. The Morgan fingerprint density at radius 3 is 2.17 bits per heavy atom. The van der Waals surface area contributed by atoms with E-state index in [9.17, 15) is 19.5 Å². The van der Waals surface area contributed by atoms with Crippen molar-refractivity contribution in [3.63, 3.8) is 0 Å². The van der Waals surface area contributed by atoms with Crippen molar-refractivity contribution in [2.45, 2.75) is 46.0 Å². The van der Waals surface area contributed by atoms with E-state index >= 15 is 0 Å². The summed E-state index contributed by atoms with van der Waals surface area (Å²) < 4.78 is 5.59. The smallest absolute Gasteiger partial charge is 0.407 e. The van der Waals surface area contributed by atoms with Crippen LogP contribution < -0.4 is 5.32 Å². The van der Waals surface area contributed by atoms with E-state index in [2.05, 4.69) is 43.4 Å². The number of benzene rings is 2. The number of carbonyl (C=O) groups is 3. The van der Waals surface area contributed by atoms with Crippen molar-refractivity contribution in [2.24, 2.45) is 10.8 Å².